The average molecular weight is 235 g/mol. The fourth-order valence-electron chi connectivity index (χ4n) is 2.49. The topological polar surface area (TPSA) is 23.5 Å². The van der Waals surface area contributed by atoms with E-state index in [2.05, 4.69) is 0 Å². The molecule has 92 valence electrons. The molecule has 0 aromatic rings. The Morgan fingerprint density at radius 3 is 2.19 bits per heavy atom. The molecule has 0 bridgehead atoms. The van der Waals surface area contributed by atoms with Crippen molar-refractivity contribution in [2.45, 2.75) is 37.6 Å². The lowest BCUT2D eigenvalue weighted by molar-refractivity contribution is -0.185. The molecule has 0 amide bonds. The summed E-state index contributed by atoms with van der Waals surface area (Å²) in [5, 5.41) is 9.32. The molecule has 1 heterocycles. The third kappa shape index (κ3) is 2.58. The van der Waals surface area contributed by atoms with Gasteiger partial charge < -0.3 is 5.11 Å². The smallest absolute Gasteiger partial charge is 0.389 e. The Kier molecular flexibility index (Phi) is 3.26. The predicted molar refractivity (Wildman–Crippen MR) is 53.9 cm³/mol. The molecule has 2 rings (SSSR count). The molecule has 0 unspecified atom stereocenters. The van der Waals surface area contributed by atoms with Gasteiger partial charge >= 0.3 is 6.18 Å². The first-order chi connectivity index (χ1) is 7.47. The zero-order valence-electron chi connectivity index (χ0n) is 8.95. The summed E-state index contributed by atoms with van der Waals surface area (Å²) < 4.78 is 37.3. The Balaban J connectivity index is 1.84. The first-order valence-electron chi connectivity index (χ1n) is 5.64. The van der Waals surface area contributed by atoms with E-state index in [1.54, 1.807) is 6.08 Å². The molecule has 2 atom stereocenters. The van der Waals surface area contributed by atoms with Gasteiger partial charge in [-0.15, -0.1) is 0 Å². The number of likely N-dealkylation sites (tertiary alicyclic amines) is 1. The van der Waals surface area contributed by atoms with Crippen molar-refractivity contribution in [1.29, 1.82) is 0 Å². The molecular formula is C11H16F3NO. The fraction of sp³-hybridized carbons (Fsp3) is 0.818. The van der Waals surface area contributed by atoms with Crippen molar-refractivity contribution < 1.29 is 18.3 Å². The van der Waals surface area contributed by atoms with E-state index in [0.29, 0.717) is 19.5 Å². The van der Waals surface area contributed by atoms with E-state index in [1.807, 2.05) is 11.0 Å². The predicted octanol–water partition coefficient (Wildman–Crippen LogP) is 1.95. The van der Waals surface area contributed by atoms with E-state index in [4.69, 9.17) is 0 Å². The second kappa shape index (κ2) is 4.37. The molecule has 1 saturated heterocycles. The fourth-order valence-corrected chi connectivity index (χ4v) is 2.49. The number of hydrogen-bond donors (Lipinski definition) is 1. The monoisotopic (exact) mass is 235 g/mol. The van der Waals surface area contributed by atoms with E-state index in [0.717, 1.165) is 0 Å². The summed E-state index contributed by atoms with van der Waals surface area (Å²) >= 11 is 0. The second-order valence-electron chi connectivity index (χ2n) is 4.61. The van der Waals surface area contributed by atoms with E-state index in [1.165, 1.54) is 0 Å². The van der Waals surface area contributed by atoms with Gasteiger partial charge in [-0.25, -0.2) is 0 Å². The number of aliphatic hydroxyl groups is 1. The highest BCUT2D eigenvalue weighted by molar-refractivity contribution is 5.07. The van der Waals surface area contributed by atoms with Gasteiger partial charge in [0, 0.05) is 6.04 Å². The van der Waals surface area contributed by atoms with Gasteiger partial charge in [-0.2, -0.15) is 13.2 Å². The normalized spacial score (nSPS) is 33.5. The SMILES string of the molecule is O[C@@H]1C=C[C@H](N2CCC(C(F)(F)F)CC2)C1. The molecule has 1 N–H and O–H groups in total. The lowest BCUT2D eigenvalue weighted by atomic mass is 9.95. The minimum atomic E-state index is -4.04. The molecule has 0 aromatic carbocycles. The first kappa shape index (κ1) is 11.9. The molecule has 1 fully saturated rings. The van der Waals surface area contributed by atoms with Gasteiger partial charge in [-0.05, 0) is 32.4 Å². The Morgan fingerprint density at radius 1 is 1.12 bits per heavy atom. The van der Waals surface area contributed by atoms with Crippen molar-refractivity contribution in [3.05, 3.63) is 12.2 Å². The van der Waals surface area contributed by atoms with Crippen LogP contribution in [0.4, 0.5) is 13.2 Å². The summed E-state index contributed by atoms with van der Waals surface area (Å²) in [6.45, 7) is 0.956. The molecule has 0 radical (unpaired) electrons. The van der Waals surface area contributed by atoms with Crippen LogP contribution in [0, 0.1) is 5.92 Å². The van der Waals surface area contributed by atoms with Crippen LogP contribution in [0.2, 0.25) is 0 Å². The molecule has 0 saturated carbocycles. The highest BCUT2D eigenvalue weighted by Gasteiger charge is 2.42. The van der Waals surface area contributed by atoms with Crippen molar-refractivity contribution in [1.82, 2.24) is 4.90 Å². The molecule has 2 aliphatic rings. The number of alkyl halides is 3. The Labute approximate surface area is 92.7 Å². The molecule has 5 heteroatoms. The maximum Gasteiger partial charge on any atom is 0.391 e. The highest BCUT2D eigenvalue weighted by atomic mass is 19.4. The number of nitrogens with zero attached hydrogens (tertiary/aromatic N) is 1. The molecule has 0 aromatic heterocycles. The summed E-state index contributed by atoms with van der Waals surface area (Å²) in [5.41, 5.74) is 0. The number of aliphatic hydroxyl groups excluding tert-OH is 1. The van der Waals surface area contributed by atoms with E-state index in [9.17, 15) is 18.3 Å². The van der Waals surface area contributed by atoms with Crippen LogP contribution < -0.4 is 0 Å². The van der Waals surface area contributed by atoms with Crippen LogP contribution in [-0.2, 0) is 0 Å². The lowest BCUT2D eigenvalue weighted by Crippen LogP contribution is -2.43. The zero-order valence-corrected chi connectivity index (χ0v) is 8.95. The standard InChI is InChI=1S/C11H16F3NO/c12-11(13,14)8-3-5-15(6-4-8)9-1-2-10(16)7-9/h1-2,8-10,16H,3-7H2/t9-,10+/m0/s1. The van der Waals surface area contributed by atoms with Crippen LogP contribution in [0.1, 0.15) is 19.3 Å². The molecular weight excluding hydrogens is 219 g/mol. The van der Waals surface area contributed by atoms with Crippen molar-refractivity contribution in [3.8, 4) is 0 Å². The van der Waals surface area contributed by atoms with E-state index >= 15 is 0 Å². The summed E-state index contributed by atoms with van der Waals surface area (Å²) in [6.07, 6.45) is 0.145. The summed E-state index contributed by atoms with van der Waals surface area (Å²) in [4.78, 5) is 2.04. The number of halogens is 3. The van der Waals surface area contributed by atoms with E-state index in [-0.39, 0.29) is 18.9 Å². The third-order valence-electron chi connectivity index (χ3n) is 3.50. The number of rotatable bonds is 1. The number of hydrogen-bond acceptors (Lipinski definition) is 2. The van der Waals surface area contributed by atoms with Crippen LogP contribution >= 0.6 is 0 Å². The largest absolute Gasteiger partial charge is 0.391 e. The van der Waals surface area contributed by atoms with Gasteiger partial charge in [-0.1, -0.05) is 12.2 Å². The maximum absolute atomic E-state index is 12.4. The van der Waals surface area contributed by atoms with Gasteiger partial charge in [0.05, 0.1) is 12.0 Å². The van der Waals surface area contributed by atoms with Crippen molar-refractivity contribution in [2.75, 3.05) is 13.1 Å². The van der Waals surface area contributed by atoms with E-state index < -0.39 is 18.2 Å². The Hall–Kier alpha value is -0.550. The van der Waals surface area contributed by atoms with Gasteiger partial charge in [0.25, 0.3) is 0 Å². The minimum absolute atomic E-state index is 0.129. The molecule has 16 heavy (non-hydrogen) atoms. The van der Waals surface area contributed by atoms with Crippen LogP contribution in [0.25, 0.3) is 0 Å². The molecule has 1 aliphatic carbocycles. The molecule has 1 aliphatic heterocycles. The Morgan fingerprint density at radius 2 is 1.75 bits per heavy atom. The molecule has 2 nitrogen and oxygen atoms in total. The zero-order chi connectivity index (χ0) is 11.8. The lowest BCUT2D eigenvalue weighted by Gasteiger charge is -2.36. The summed E-state index contributed by atoms with van der Waals surface area (Å²) in [5.74, 6) is -1.14. The number of piperidine rings is 1. The Bertz CT molecular complexity index is 269. The van der Waals surface area contributed by atoms with Crippen molar-refractivity contribution in [3.63, 3.8) is 0 Å². The van der Waals surface area contributed by atoms with Crippen LogP contribution in [0.5, 0.6) is 0 Å². The minimum Gasteiger partial charge on any atom is -0.389 e. The first-order valence-corrected chi connectivity index (χ1v) is 5.64. The average Bonchev–Trinajstić information content (AvgIpc) is 2.64. The maximum atomic E-state index is 12.4. The molecule has 0 spiro atoms. The summed E-state index contributed by atoms with van der Waals surface area (Å²) in [6, 6.07) is 0.129. The van der Waals surface area contributed by atoms with Crippen molar-refractivity contribution >= 4 is 0 Å². The van der Waals surface area contributed by atoms with Gasteiger partial charge in [0.2, 0.25) is 0 Å². The third-order valence-corrected chi connectivity index (χ3v) is 3.50. The summed E-state index contributed by atoms with van der Waals surface area (Å²) in [7, 11) is 0. The van der Waals surface area contributed by atoms with Crippen LogP contribution in [-0.4, -0.2) is 41.4 Å². The van der Waals surface area contributed by atoms with Crippen molar-refractivity contribution in [2.24, 2.45) is 5.92 Å². The van der Waals surface area contributed by atoms with Crippen LogP contribution in [0.15, 0.2) is 12.2 Å². The van der Waals surface area contributed by atoms with Gasteiger partial charge in [0.1, 0.15) is 0 Å². The quantitative estimate of drug-likeness (QED) is 0.702. The van der Waals surface area contributed by atoms with Crippen LogP contribution in [0.3, 0.4) is 0 Å². The highest BCUT2D eigenvalue weighted by Crippen LogP contribution is 2.35. The van der Waals surface area contributed by atoms with Gasteiger partial charge in [0.15, 0.2) is 0 Å². The second-order valence-corrected chi connectivity index (χ2v) is 4.61. The van der Waals surface area contributed by atoms with Gasteiger partial charge in [-0.3, -0.25) is 4.90 Å².